The Morgan fingerprint density at radius 1 is 0.449 bits per heavy atom. The van der Waals surface area contributed by atoms with E-state index < -0.39 is 23.8 Å². The van der Waals surface area contributed by atoms with E-state index in [9.17, 15) is 29.4 Å². The van der Waals surface area contributed by atoms with Gasteiger partial charge in [-0.1, -0.05) is 0 Å². The minimum absolute atomic E-state index is 0. The van der Waals surface area contributed by atoms with Crippen LogP contribution in [0.1, 0.15) is 41.4 Å². The molecule has 0 aliphatic heterocycles. The molecule has 0 saturated carbocycles. The SMILES string of the molecule is O=C(Nc1ccc(N=Nc2ccc(O)c(C(=O)O)c2)cc1)c1ccc(C(=O)Nc2ccc(N=Nc3ccc(O)c(C(=O)O)c3)cc2)cc1.[Na+]. The Kier molecular flexibility index (Phi) is 11.7. The third-order valence-electron chi connectivity index (χ3n) is 6.64. The van der Waals surface area contributed by atoms with Crippen molar-refractivity contribution in [2.45, 2.75) is 0 Å². The Hall–Kier alpha value is -6.22. The van der Waals surface area contributed by atoms with Gasteiger partial charge in [0.2, 0.25) is 0 Å². The summed E-state index contributed by atoms with van der Waals surface area (Å²) in [4.78, 5) is 47.9. The van der Waals surface area contributed by atoms with Crippen molar-refractivity contribution in [2.24, 2.45) is 20.5 Å². The summed E-state index contributed by atoms with van der Waals surface area (Å²) in [5.41, 5.74) is 2.37. The second kappa shape index (κ2) is 16.1. The first-order valence-electron chi connectivity index (χ1n) is 13.9. The molecule has 238 valence electrons. The summed E-state index contributed by atoms with van der Waals surface area (Å²) in [5.74, 6) is -4.15. The number of hydrogen-bond acceptors (Lipinski definition) is 10. The van der Waals surface area contributed by atoms with Crippen LogP contribution in [-0.4, -0.2) is 44.2 Å². The molecule has 0 heterocycles. The van der Waals surface area contributed by atoms with Crippen LogP contribution in [0.3, 0.4) is 0 Å². The number of aromatic hydroxyl groups is 2. The Morgan fingerprint density at radius 2 is 0.755 bits per heavy atom. The van der Waals surface area contributed by atoms with Gasteiger partial charge in [-0.25, -0.2) is 9.59 Å². The molecule has 5 aromatic rings. The third-order valence-corrected chi connectivity index (χ3v) is 6.64. The molecular weight excluding hydrogens is 643 g/mol. The fraction of sp³-hybridized carbons (Fsp3) is 0. The first-order chi connectivity index (χ1) is 23.0. The number of nitrogens with zero attached hydrogens (tertiary/aromatic N) is 4. The van der Waals surface area contributed by atoms with E-state index in [1.807, 2.05) is 0 Å². The number of anilines is 2. The van der Waals surface area contributed by atoms with E-state index in [0.29, 0.717) is 33.9 Å². The Morgan fingerprint density at radius 3 is 1.08 bits per heavy atom. The molecule has 0 aliphatic carbocycles. The van der Waals surface area contributed by atoms with Crippen LogP contribution in [0.25, 0.3) is 0 Å². The molecular formula is C34H24N6NaO8+. The molecule has 5 rings (SSSR count). The minimum atomic E-state index is -1.29. The van der Waals surface area contributed by atoms with Gasteiger partial charge in [-0.3, -0.25) is 9.59 Å². The van der Waals surface area contributed by atoms with E-state index in [2.05, 4.69) is 31.1 Å². The predicted octanol–water partition coefficient (Wildman–Crippen LogP) is 4.83. The number of benzene rings is 5. The number of phenols is 2. The molecule has 0 atom stereocenters. The number of aromatic carboxylic acids is 2. The van der Waals surface area contributed by atoms with Crippen molar-refractivity contribution in [3.8, 4) is 11.5 Å². The molecule has 14 nitrogen and oxygen atoms in total. The maximum atomic E-state index is 12.8. The second-order valence-electron chi connectivity index (χ2n) is 9.99. The maximum Gasteiger partial charge on any atom is 1.00 e. The standard InChI is InChI=1S/C34H24N6O8.Na/c41-29-15-13-25(17-27(29)33(45)46)39-37-23-9-5-21(6-10-23)35-31(43)19-1-2-20(4-3-19)32(44)36-22-7-11-24(12-8-22)38-40-26-14-16-30(42)28(18-26)34(47)48;/h1-18,41-42H,(H,35,43)(H,36,44)(H,45,46)(H,47,48);/q;+1. The van der Waals surface area contributed by atoms with Gasteiger partial charge in [-0.05, 0) is 109 Å². The molecule has 0 unspecified atom stereocenters. The van der Waals surface area contributed by atoms with E-state index in [4.69, 9.17) is 10.2 Å². The van der Waals surface area contributed by atoms with Crippen molar-refractivity contribution in [3.05, 3.63) is 131 Å². The summed E-state index contributed by atoms with van der Waals surface area (Å²) >= 11 is 0. The first kappa shape index (κ1) is 35.6. The van der Waals surface area contributed by atoms with Crippen LogP contribution < -0.4 is 40.2 Å². The third kappa shape index (κ3) is 9.42. The average molecular weight is 668 g/mol. The van der Waals surface area contributed by atoms with Gasteiger partial charge < -0.3 is 31.1 Å². The fourth-order valence-electron chi connectivity index (χ4n) is 4.15. The van der Waals surface area contributed by atoms with E-state index in [1.165, 1.54) is 60.7 Å². The molecule has 49 heavy (non-hydrogen) atoms. The van der Waals surface area contributed by atoms with E-state index in [1.54, 1.807) is 48.5 Å². The van der Waals surface area contributed by atoms with E-state index in [0.717, 1.165) is 0 Å². The van der Waals surface area contributed by atoms with Crippen LogP contribution in [-0.2, 0) is 0 Å². The van der Waals surface area contributed by atoms with Gasteiger partial charge in [0, 0.05) is 22.5 Å². The topological polar surface area (TPSA) is 223 Å². The van der Waals surface area contributed by atoms with Crippen molar-refractivity contribution < 1.29 is 69.2 Å². The zero-order chi connectivity index (χ0) is 34.2. The quantitative estimate of drug-likeness (QED) is 0.0891. The van der Waals surface area contributed by atoms with Gasteiger partial charge >= 0.3 is 41.5 Å². The van der Waals surface area contributed by atoms with Crippen LogP contribution in [0.5, 0.6) is 11.5 Å². The number of amides is 2. The van der Waals surface area contributed by atoms with Crippen LogP contribution in [0.15, 0.2) is 130 Å². The van der Waals surface area contributed by atoms with Gasteiger partial charge in [0.15, 0.2) is 0 Å². The normalized spacial score (nSPS) is 10.8. The summed E-state index contributed by atoms with van der Waals surface area (Å²) in [6.07, 6.45) is 0. The zero-order valence-corrected chi connectivity index (χ0v) is 27.6. The van der Waals surface area contributed by atoms with Gasteiger partial charge in [0.25, 0.3) is 11.8 Å². The Balaban J connectivity index is 0.00000541. The van der Waals surface area contributed by atoms with Gasteiger partial charge in [-0.15, -0.1) is 0 Å². The average Bonchev–Trinajstić information content (AvgIpc) is 3.08. The molecule has 0 aromatic heterocycles. The number of rotatable bonds is 10. The molecule has 15 heteroatoms. The maximum absolute atomic E-state index is 12.8. The molecule has 0 radical (unpaired) electrons. The van der Waals surface area contributed by atoms with Gasteiger partial charge in [0.05, 0.1) is 22.7 Å². The molecule has 6 N–H and O–H groups in total. The fourth-order valence-corrected chi connectivity index (χ4v) is 4.15. The molecule has 0 fully saturated rings. The summed E-state index contributed by atoms with van der Waals surface area (Å²) in [6, 6.07) is 26.6. The molecule has 0 spiro atoms. The van der Waals surface area contributed by atoms with Gasteiger partial charge in [0.1, 0.15) is 22.6 Å². The number of carbonyl (C=O) groups excluding carboxylic acids is 2. The summed E-state index contributed by atoms with van der Waals surface area (Å²) in [5, 5.41) is 59.0. The van der Waals surface area contributed by atoms with Crippen molar-refractivity contribution in [3.63, 3.8) is 0 Å². The van der Waals surface area contributed by atoms with Crippen LogP contribution in [0.4, 0.5) is 34.1 Å². The van der Waals surface area contributed by atoms with E-state index in [-0.39, 0.29) is 63.6 Å². The molecule has 0 bridgehead atoms. The van der Waals surface area contributed by atoms with Gasteiger partial charge in [-0.2, -0.15) is 20.5 Å². The summed E-state index contributed by atoms with van der Waals surface area (Å²) in [7, 11) is 0. The van der Waals surface area contributed by atoms with Crippen molar-refractivity contribution in [1.29, 1.82) is 0 Å². The van der Waals surface area contributed by atoms with Crippen molar-refractivity contribution in [1.82, 2.24) is 0 Å². The molecule has 0 saturated heterocycles. The zero-order valence-electron chi connectivity index (χ0n) is 25.6. The predicted molar refractivity (Wildman–Crippen MR) is 174 cm³/mol. The molecule has 2 amide bonds. The Bertz CT molecular complexity index is 1930. The number of azo groups is 2. The smallest absolute Gasteiger partial charge is 0.507 e. The largest absolute Gasteiger partial charge is 1.00 e. The van der Waals surface area contributed by atoms with Crippen LogP contribution in [0, 0.1) is 0 Å². The van der Waals surface area contributed by atoms with Crippen LogP contribution >= 0.6 is 0 Å². The number of carboxylic acids is 2. The van der Waals surface area contributed by atoms with E-state index >= 15 is 0 Å². The number of nitrogens with one attached hydrogen (secondary N) is 2. The molecule has 5 aromatic carbocycles. The number of carboxylic acid groups (broad SMARTS) is 2. The minimum Gasteiger partial charge on any atom is -0.507 e. The van der Waals surface area contributed by atoms with Crippen molar-refractivity contribution in [2.75, 3.05) is 10.6 Å². The number of hydrogen-bond donors (Lipinski definition) is 6. The van der Waals surface area contributed by atoms with Crippen molar-refractivity contribution >= 4 is 57.9 Å². The molecule has 0 aliphatic rings. The monoisotopic (exact) mass is 667 g/mol. The van der Waals surface area contributed by atoms with Crippen LogP contribution in [0.2, 0.25) is 0 Å². The summed E-state index contributed by atoms with van der Waals surface area (Å²) < 4.78 is 0. The second-order valence-corrected chi connectivity index (χ2v) is 9.99. The first-order valence-corrected chi connectivity index (χ1v) is 13.9. The summed E-state index contributed by atoms with van der Waals surface area (Å²) in [6.45, 7) is 0. The number of carbonyl (C=O) groups is 4. The Labute approximate surface area is 299 Å².